The molecule has 122 valence electrons. The first-order valence-electron chi connectivity index (χ1n) is 6.96. The highest BCUT2D eigenvalue weighted by Crippen LogP contribution is 2.30. The van der Waals surface area contributed by atoms with Crippen LogP contribution in [0.3, 0.4) is 0 Å². The Balaban J connectivity index is 2.79. The first-order valence-corrected chi connectivity index (χ1v) is 6.96. The molecule has 0 aromatic heterocycles. The summed E-state index contributed by atoms with van der Waals surface area (Å²) < 4.78 is 10.4. The number of aliphatic carboxylic acids is 1. The van der Waals surface area contributed by atoms with Gasteiger partial charge in [0.2, 0.25) is 5.91 Å². The summed E-state index contributed by atoms with van der Waals surface area (Å²) in [6.45, 7) is 4.87. The molecule has 1 unspecified atom stereocenters. The molecular weight excluding hydrogens is 286 g/mol. The van der Waals surface area contributed by atoms with Crippen LogP contribution in [0.5, 0.6) is 11.5 Å². The lowest BCUT2D eigenvalue weighted by molar-refractivity contribution is -0.149. The van der Waals surface area contributed by atoms with Crippen LogP contribution < -0.4 is 14.8 Å². The van der Waals surface area contributed by atoms with Crippen molar-refractivity contribution in [2.75, 3.05) is 14.2 Å². The maximum Gasteiger partial charge on any atom is 0.309 e. The molecular formula is C16H23NO5. The molecule has 0 aliphatic rings. The van der Waals surface area contributed by atoms with Crippen molar-refractivity contribution in [3.63, 3.8) is 0 Å². The number of benzene rings is 1. The largest absolute Gasteiger partial charge is 0.493 e. The highest BCUT2D eigenvalue weighted by Gasteiger charge is 2.30. The van der Waals surface area contributed by atoms with E-state index in [1.54, 1.807) is 26.4 Å². The van der Waals surface area contributed by atoms with Crippen LogP contribution in [0.2, 0.25) is 0 Å². The molecule has 0 spiro atoms. The Morgan fingerprint density at radius 1 is 1.23 bits per heavy atom. The Hall–Kier alpha value is -2.24. The van der Waals surface area contributed by atoms with Crippen LogP contribution in [0.4, 0.5) is 0 Å². The van der Waals surface area contributed by atoms with E-state index in [1.165, 1.54) is 13.8 Å². The van der Waals surface area contributed by atoms with Gasteiger partial charge in [-0.15, -0.1) is 0 Å². The Morgan fingerprint density at radius 3 is 2.32 bits per heavy atom. The topological polar surface area (TPSA) is 84.9 Å². The van der Waals surface area contributed by atoms with Crippen molar-refractivity contribution in [3.05, 3.63) is 23.8 Å². The number of carboxylic acid groups (broad SMARTS) is 1. The molecule has 1 aromatic carbocycles. The standard InChI is InChI=1S/C16H23NO5/c1-10(17-14(18)9-16(2,3)15(19)20)11-6-7-12(21-4)13(8-11)22-5/h6-8,10H,9H2,1-5H3,(H,17,18)(H,19,20). The van der Waals surface area contributed by atoms with Gasteiger partial charge in [0.25, 0.3) is 0 Å². The molecule has 0 radical (unpaired) electrons. The van der Waals surface area contributed by atoms with Gasteiger partial charge in [-0.2, -0.15) is 0 Å². The quantitative estimate of drug-likeness (QED) is 0.808. The first kappa shape index (κ1) is 17.8. The first-order chi connectivity index (χ1) is 10.2. The van der Waals surface area contributed by atoms with Crippen LogP contribution >= 0.6 is 0 Å². The predicted molar refractivity (Wildman–Crippen MR) is 82.1 cm³/mol. The zero-order valence-corrected chi connectivity index (χ0v) is 13.6. The third-order valence-electron chi connectivity index (χ3n) is 3.47. The van der Waals surface area contributed by atoms with Gasteiger partial charge >= 0.3 is 5.97 Å². The van der Waals surface area contributed by atoms with E-state index in [1.807, 2.05) is 13.0 Å². The molecule has 1 amide bonds. The van der Waals surface area contributed by atoms with Crippen molar-refractivity contribution in [2.24, 2.45) is 5.41 Å². The van der Waals surface area contributed by atoms with Crippen LogP contribution in [0.1, 0.15) is 38.8 Å². The Bertz CT molecular complexity index is 553. The van der Waals surface area contributed by atoms with E-state index in [9.17, 15) is 9.59 Å². The number of amides is 1. The summed E-state index contributed by atoms with van der Waals surface area (Å²) >= 11 is 0. The fourth-order valence-electron chi connectivity index (χ4n) is 1.98. The van der Waals surface area contributed by atoms with Gasteiger partial charge in [-0.1, -0.05) is 6.07 Å². The highest BCUT2D eigenvalue weighted by molar-refractivity contribution is 5.84. The van der Waals surface area contributed by atoms with E-state index in [2.05, 4.69) is 5.32 Å². The van der Waals surface area contributed by atoms with Gasteiger partial charge in [0.1, 0.15) is 0 Å². The van der Waals surface area contributed by atoms with E-state index in [0.717, 1.165) is 5.56 Å². The number of ether oxygens (including phenoxy) is 2. The third kappa shape index (κ3) is 4.38. The third-order valence-corrected chi connectivity index (χ3v) is 3.47. The molecule has 1 atom stereocenters. The SMILES string of the molecule is COc1ccc(C(C)NC(=O)CC(C)(C)C(=O)O)cc1OC. The maximum atomic E-state index is 12.0. The Kier molecular flexibility index (Phi) is 5.79. The predicted octanol–water partition coefficient (Wildman–Crippen LogP) is 2.38. The smallest absolute Gasteiger partial charge is 0.309 e. The average Bonchev–Trinajstić information content (AvgIpc) is 2.45. The summed E-state index contributed by atoms with van der Waals surface area (Å²) in [6.07, 6.45) is -0.0834. The van der Waals surface area contributed by atoms with E-state index in [0.29, 0.717) is 11.5 Å². The molecule has 0 heterocycles. The van der Waals surface area contributed by atoms with E-state index >= 15 is 0 Å². The van der Waals surface area contributed by atoms with E-state index < -0.39 is 11.4 Å². The normalized spacial score (nSPS) is 12.4. The van der Waals surface area contributed by atoms with Gasteiger partial charge in [0.05, 0.1) is 25.7 Å². The molecule has 22 heavy (non-hydrogen) atoms. The molecule has 1 rings (SSSR count). The van der Waals surface area contributed by atoms with Crippen molar-refractivity contribution in [2.45, 2.75) is 33.2 Å². The molecule has 6 nitrogen and oxygen atoms in total. The minimum atomic E-state index is -1.10. The minimum absolute atomic E-state index is 0.0834. The number of methoxy groups -OCH3 is 2. The van der Waals surface area contributed by atoms with E-state index in [-0.39, 0.29) is 18.4 Å². The molecule has 0 aliphatic carbocycles. The fourth-order valence-corrected chi connectivity index (χ4v) is 1.98. The second-order valence-corrected chi connectivity index (χ2v) is 5.77. The summed E-state index contributed by atoms with van der Waals surface area (Å²) in [5.74, 6) is -0.125. The van der Waals surface area contributed by atoms with Crippen molar-refractivity contribution >= 4 is 11.9 Å². The van der Waals surface area contributed by atoms with E-state index in [4.69, 9.17) is 14.6 Å². The monoisotopic (exact) mass is 309 g/mol. The Labute approximate surface area is 130 Å². The zero-order chi connectivity index (χ0) is 16.9. The van der Waals surface area contributed by atoms with Gasteiger partial charge < -0.3 is 19.9 Å². The summed E-state index contributed by atoms with van der Waals surface area (Å²) in [4.78, 5) is 23.0. The van der Waals surface area contributed by atoms with Crippen LogP contribution in [-0.4, -0.2) is 31.2 Å². The summed E-state index contributed by atoms with van der Waals surface area (Å²) in [6, 6.07) is 5.11. The van der Waals surface area contributed by atoms with Crippen molar-refractivity contribution in [1.82, 2.24) is 5.32 Å². The van der Waals surface area contributed by atoms with Gasteiger partial charge in [-0.25, -0.2) is 0 Å². The molecule has 0 aliphatic heterocycles. The van der Waals surface area contributed by atoms with Crippen LogP contribution in [0.15, 0.2) is 18.2 Å². The molecule has 1 aromatic rings. The molecule has 0 saturated carbocycles. The van der Waals surface area contributed by atoms with Crippen molar-refractivity contribution < 1.29 is 24.2 Å². The number of hydrogen-bond donors (Lipinski definition) is 2. The summed E-state index contributed by atoms with van der Waals surface area (Å²) in [5, 5.41) is 11.9. The van der Waals surface area contributed by atoms with Gasteiger partial charge in [0.15, 0.2) is 11.5 Å². The fraction of sp³-hybridized carbons (Fsp3) is 0.500. The number of carbonyl (C=O) groups excluding carboxylic acids is 1. The van der Waals surface area contributed by atoms with Crippen molar-refractivity contribution in [3.8, 4) is 11.5 Å². The van der Waals surface area contributed by atoms with Crippen LogP contribution in [0.25, 0.3) is 0 Å². The zero-order valence-electron chi connectivity index (χ0n) is 13.6. The minimum Gasteiger partial charge on any atom is -0.493 e. The summed E-state index contributed by atoms with van der Waals surface area (Å²) in [5.41, 5.74) is -0.249. The number of carboxylic acids is 1. The second kappa shape index (κ2) is 7.15. The lowest BCUT2D eigenvalue weighted by atomic mass is 9.89. The second-order valence-electron chi connectivity index (χ2n) is 5.77. The molecule has 0 fully saturated rings. The number of carbonyl (C=O) groups is 2. The summed E-state index contributed by atoms with van der Waals surface area (Å²) in [7, 11) is 3.09. The molecule has 0 saturated heterocycles. The van der Waals surface area contributed by atoms with Gasteiger partial charge in [-0.05, 0) is 38.5 Å². The highest BCUT2D eigenvalue weighted by atomic mass is 16.5. The van der Waals surface area contributed by atoms with Gasteiger partial charge in [-0.3, -0.25) is 9.59 Å². The lowest BCUT2D eigenvalue weighted by Gasteiger charge is -2.21. The number of rotatable bonds is 7. The maximum absolute atomic E-state index is 12.0. The average molecular weight is 309 g/mol. The van der Waals surface area contributed by atoms with Crippen LogP contribution in [0, 0.1) is 5.41 Å². The van der Waals surface area contributed by atoms with Crippen molar-refractivity contribution in [1.29, 1.82) is 0 Å². The molecule has 6 heteroatoms. The number of nitrogens with one attached hydrogen (secondary N) is 1. The van der Waals surface area contributed by atoms with Gasteiger partial charge in [0, 0.05) is 6.42 Å². The van der Waals surface area contributed by atoms with Crippen LogP contribution in [-0.2, 0) is 9.59 Å². The Morgan fingerprint density at radius 2 is 1.82 bits per heavy atom. The molecule has 0 bridgehead atoms. The lowest BCUT2D eigenvalue weighted by Crippen LogP contribution is -2.34. The molecule has 2 N–H and O–H groups in total. The number of hydrogen-bond acceptors (Lipinski definition) is 4.